The molecule has 1 saturated carbocycles. The summed E-state index contributed by atoms with van der Waals surface area (Å²) in [6.45, 7) is 0.382. The van der Waals surface area contributed by atoms with Crippen molar-refractivity contribution in [1.29, 1.82) is 0 Å². The predicted octanol–water partition coefficient (Wildman–Crippen LogP) is 3.65. The molecule has 0 bridgehead atoms. The zero-order valence-corrected chi connectivity index (χ0v) is 14.1. The number of hydrogen-bond donors (Lipinski definition) is 2. The molecule has 20 heavy (non-hydrogen) atoms. The van der Waals surface area contributed by atoms with Crippen LogP contribution in [0.5, 0.6) is 0 Å². The second-order valence-electron chi connectivity index (χ2n) is 5.13. The Bertz CT molecular complexity index is 455. The first-order chi connectivity index (χ1) is 9.69. The third kappa shape index (κ3) is 4.79. The number of anilines is 1. The van der Waals surface area contributed by atoms with Crippen LogP contribution in [0.2, 0.25) is 0 Å². The summed E-state index contributed by atoms with van der Waals surface area (Å²) in [6.07, 6.45) is 7.09. The van der Waals surface area contributed by atoms with E-state index in [1.54, 1.807) is 0 Å². The molecule has 2 rings (SSSR count). The van der Waals surface area contributed by atoms with Crippen molar-refractivity contribution in [2.24, 2.45) is 0 Å². The zero-order valence-electron chi connectivity index (χ0n) is 11.7. The Morgan fingerprint density at radius 1 is 1.40 bits per heavy atom. The normalized spacial score (nSPS) is 22.5. The fourth-order valence-corrected chi connectivity index (χ4v) is 3.75. The van der Waals surface area contributed by atoms with Gasteiger partial charge in [0, 0.05) is 15.8 Å². The second kappa shape index (κ2) is 8.05. The molecule has 0 aromatic heterocycles. The predicted molar refractivity (Wildman–Crippen MR) is 90.3 cm³/mol. The van der Waals surface area contributed by atoms with Gasteiger partial charge in [-0.3, -0.25) is 4.79 Å². The quantitative estimate of drug-likeness (QED) is 0.845. The Hall–Kier alpha value is -0.520. The highest BCUT2D eigenvalue weighted by atomic mass is 79.9. The fourth-order valence-electron chi connectivity index (χ4n) is 2.54. The standard InChI is InChI=1S/C15H21BrN2OS/c1-20-12-6-4-5-11(9-12)17-10-15(19)18-14-8-3-2-7-13(14)16/h2-3,7-8,11-12,17H,4-6,9-10H2,1H3,(H,18,19). The Morgan fingerprint density at radius 3 is 2.95 bits per heavy atom. The van der Waals surface area contributed by atoms with Crippen LogP contribution in [-0.4, -0.2) is 30.0 Å². The maximum atomic E-state index is 12.0. The van der Waals surface area contributed by atoms with Crippen molar-refractivity contribution in [3.8, 4) is 0 Å². The summed E-state index contributed by atoms with van der Waals surface area (Å²) in [5, 5.41) is 7.05. The number of para-hydroxylation sites is 1. The van der Waals surface area contributed by atoms with Crippen LogP contribution in [0, 0.1) is 0 Å². The molecular weight excluding hydrogens is 336 g/mol. The van der Waals surface area contributed by atoms with Gasteiger partial charge >= 0.3 is 0 Å². The van der Waals surface area contributed by atoms with Crippen LogP contribution in [-0.2, 0) is 4.79 Å². The number of rotatable bonds is 5. The maximum absolute atomic E-state index is 12.0. The Labute approximate surface area is 133 Å². The van der Waals surface area contributed by atoms with Crippen LogP contribution in [0.4, 0.5) is 5.69 Å². The minimum Gasteiger partial charge on any atom is -0.324 e. The maximum Gasteiger partial charge on any atom is 0.238 e. The van der Waals surface area contributed by atoms with E-state index in [4.69, 9.17) is 0 Å². The average molecular weight is 357 g/mol. The van der Waals surface area contributed by atoms with Gasteiger partial charge in [0.15, 0.2) is 0 Å². The van der Waals surface area contributed by atoms with Crippen molar-refractivity contribution in [1.82, 2.24) is 5.32 Å². The third-order valence-corrected chi connectivity index (χ3v) is 5.44. The lowest BCUT2D eigenvalue weighted by molar-refractivity contribution is -0.115. The lowest BCUT2D eigenvalue weighted by atomic mass is 9.95. The summed E-state index contributed by atoms with van der Waals surface area (Å²) in [5.74, 6) is 0.0168. The van der Waals surface area contributed by atoms with Crippen molar-refractivity contribution in [2.45, 2.75) is 37.0 Å². The molecule has 2 N–H and O–H groups in total. The highest BCUT2D eigenvalue weighted by Crippen LogP contribution is 2.26. The van der Waals surface area contributed by atoms with E-state index in [0.717, 1.165) is 15.4 Å². The largest absolute Gasteiger partial charge is 0.324 e. The van der Waals surface area contributed by atoms with Crippen LogP contribution in [0.3, 0.4) is 0 Å². The van der Waals surface area contributed by atoms with Gasteiger partial charge in [0.25, 0.3) is 0 Å². The van der Waals surface area contributed by atoms with Crippen molar-refractivity contribution in [3.63, 3.8) is 0 Å². The Morgan fingerprint density at radius 2 is 2.20 bits per heavy atom. The molecule has 0 saturated heterocycles. The molecule has 110 valence electrons. The summed E-state index contributed by atoms with van der Waals surface area (Å²) < 4.78 is 0.911. The number of halogens is 1. The molecule has 1 aromatic rings. The zero-order chi connectivity index (χ0) is 14.4. The van der Waals surface area contributed by atoms with Gasteiger partial charge in [-0.2, -0.15) is 11.8 Å². The van der Waals surface area contributed by atoms with Crippen LogP contribution in [0.15, 0.2) is 28.7 Å². The first-order valence-corrected chi connectivity index (χ1v) is 9.07. The van der Waals surface area contributed by atoms with E-state index in [-0.39, 0.29) is 5.91 Å². The van der Waals surface area contributed by atoms with Crippen LogP contribution >= 0.6 is 27.7 Å². The summed E-state index contributed by atoms with van der Waals surface area (Å²) in [6, 6.07) is 8.14. The van der Waals surface area contributed by atoms with E-state index >= 15 is 0 Å². The first kappa shape index (κ1) is 15.9. The van der Waals surface area contributed by atoms with Crippen LogP contribution in [0.25, 0.3) is 0 Å². The van der Waals surface area contributed by atoms with Gasteiger partial charge in [0.1, 0.15) is 0 Å². The fraction of sp³-hybridized carbons (Fsp3) is 0.533. The smallest absolute Gasteiger partial charge is 0.238 e. The molecule has 1 aliphatic rings. The number of hydrogen-bond acceptors (Lipinski definition) is 3. The van der Waals surface area contributed by atoms with Gasteiger partial charge in [-0.25, -0.2) is 0 Å². The van der Waals surface area contributed by atoms with Crippen LogP contribution in [0.1, 0.15) is 25.7 Å². The molecule has 5 heteroatoms. The summed E-state index contributed by atoms with van der Waals surface area (Å²) >= 11 is 5.37. The molecule has 1 amide bonds. The number of carbonyl (C=O) groups excluding carboxylic acids is 1. The summed E-state index contributed by atoms with van der Waals surface area (Å²) in [4.78, 5) is 12.0. The molecule has 3 nitrogen and oxygen atoms in total. The molecule has 1 aromatic carbocycles. The van der Waals surface area contributed by atoms with E-state index in [2.05, 4.69) is 32.8 Å². The summed E-state index contributed by atoms with van der Waals surface area (Å²) in [7, 11) is 0. The van der Waals surface area contributed by atoms with Crippen molar-refractivity contribution < 1.29 is 4.79 Å². The van der Waals surface area contributed by atoms with Gasteiger partial charge < -0.3 is 10.6 Å². The molecule has 1 aliphatic carbocycles. The topological polar surface area (TPSA) is 41.1 Å². The van der Waals surface area contributed by atoms with Gasteiger partial charge in [-0.05, 0) is 53.6 Å². The molecular formula is C15H21BrN2OS. The molecule has 1 fully saturated rings. The third-order valence-electron chi connectivity index (χ3n) is 3.66. The van der Waals surface area contributed by atoms with Gasteiger partial charge in [-0.1, -0.05) is 18.6 Å². The number of benzene rings is 1. The molecule has 0 heterocycles. The molecule has 2 atom stereocenters. The Kier molecular flexibility index (Phi) is 6.39. The molecule has 0 radical (unpaired) electrons. The SMILES string of the molecule is CSC1CCCC(NCC(=O)Nc2ccccc2Br)C1. The van der Waals surface area contributed by atoms with Gasteiger partial charge in [0.2, 0.25) is 5.91 Å². The van der Waals surface area contributed by atoms with Crippen molar-refractivity contribution in [3.05, 3.63) is 28.7 Å². The van der Waals surface area contributed by atoms with E-state index in [9.17, 15) is 4.79 Å². The number of thioether (sulfide) groups is 1. The highest BCUT2D eigenvalue weighted by Gasteiger charge is 2.21. The molecule has 2 unspecified atom stereocenters. The number of carbonyl (C=O) groups is 1. The number of amides is 1. The highest BCUT2D eigenvalue weighted by molar-refractivity contribution is 9.10. The number of nitrogens with one attached hydrogen (secondary N) is 2. The van der Waals surface area contributed by atoms with Crippen molar-refractivity contribution in [2.75, 3.05) is 18.1 Å². The summed E-state index contributed by atoms with van der Waals surface area (Å²) in [5.41, 5.74) is 0.824. The lowest BCUT2D eigenvalue weighted by Crippen LogP contribution is -2.39. The minimum absolute atomic E-state index is 0.0168. The lowest BCUT2D eigenvalue weighted by Gasteiger charge is -2.28. The first-order valence-electron chi connectivity index (χ1n) is 6.99. The molecule has 0 spiro atoms. The Balaban J connectivity index is 1.76. The van der Waals surface area contributed by atoms with Crippen LogP contribution < -0.4 is 10.6 Å². The average Bonchev–Trinajstić information content (AvgIpc) is 2.48. The van der Waals surface area contributed by atoms with Gasteiger partial charge in [0.05, 0.1) is 12.2 Å². The van der Waals surface area contributed by atoms with E-state index < -0.39 is 0 Å². The monoisotopic (exact) mass is 356 g/mol. The minimum atomic E-state index is 0.0168. The van der Waals surface area contributed by atoms with Gasteiger partial charge in [-0.15, -0.1) is 0 Å². The van der Waals surface area contributed by atoms with Crippen molar-refractivity contribution >= 4 is 39.3 Å². The van der Waals surface area contributed by atoms with E-state index in [1.807, 2.05) is 36.0 Å². The van der Waals surface area contributed by atoms with E-state index in [0.29, 0.717) is 12.6 Å². The second-order valence-corrected chi connectivity index (χ2v) is 7.12. The van der Waals surface area contributed by atoms with E-state index in [1.165, 1.54) is 25.7 Å². The molecule has 0 aliphatic heterocycles.